The summed E-state index contributed by atoms with van der Waals surface area (Å²) in [4.78, 5) is 36.9. The molecule has 1 aromatic rings. The van der Waals surface area contributed by atoms with E-state index in [2.05, 4.69) is 20.9 Å². The predicted octanol–water partition coefficient (Wildman–Crippen LogP) is 0.553. The number of nitrogens with zero attached hydrogens (tertiary/aromatic N) is 1. The Kier molecular flexibility index (Phi) is 5.20. The van der Waals surface area contributed by atoms with Crippen molar-refractivity contribution in [2.75, 3.05) is 7.11 Å². The second-order valence-electron chi connectivity index (χ2n) is 4.89. The van der Waals surface area contributed by atoms with E-state index in [4.69, 9.17) is 14.2 Å². The van der Waals surface area contributed by atoms with Crippen LogP contribution in [0.4, 0.5) is 0 Å². The molecule has 122 valence electrons. The van der Waals surface area contributed by atoms with Gasteiger partial charge in [-0.15, -0.1) is 0 Å². The molecule has 1 N–H and O–H groups in total. The predicted molar refractivity (Wildman–Crippen MR) is 79.6 cm³/mol. The normalized spacial score (nSPS) is 27.8. The van der Waals surface area contributed by atoms with Gasteiger partial charge in [0.05, 0.1) is 10.6 Å². The van der Waals surface area contributed by atoms with Crippen molar-refractivity contribution < 1.29 is 19.0 Å². The number of H-pyrrole nitrogens is 1. The highest BCUT2D eigenvalue weighted by molar-refractivity contribution is 9.10. The van der Waals surface area contributed by atoms with Crippen LogP contribution in [0.3, 0.4) is 0 Å². The van der Waals surface area contributed by atoms with E-state index in [1.165, 1.54) is 24.8 Å². The fourth-order valence-corrected chi connectivity index (χ4v) is 2.81. The van der Waals surface area contributed by atoms with Crippen LogP contribution >= 0.6 is 15.9 Å². The molecular weight excluding hydrogens is 360 g/mol. The number of aromatic nitrogens is 2. The molecule has 0 spiro atoms. The summed E-state index contributed by atoms with van der Waals surface area (Å²) in [6.07, 6.45) is -0.593. The number of esters is 1. The summed E-state index contributed by atoms with van der Waals surface area (Å²) in [7, 11) is 1.45. The summed E-state index contributed by atoms with van der Waals surface area (Å²) in [5.41, 5.74) is -1.16. The first-order valence-electron chi connectivity index (χ1n) is 6.75. The largest absolute Gasteiger partial charge is 0.457 e. The Hall–Kier alpha value is -1.45. The number of carbonyl (C=O) groups is 1. The number of carbonyl (C=O) groups excluding carboxylic acids is 1. The Morgan fingerprint density at radius 2 is 2.14 bits per heavy atom. The number of ether oxygens (including phenoxy) is 3. The number of nitrogens with one attached hydrogen (secondary N) is 1. The number of aromatic amines is 1. The van der Waals surface area contributed by atoms with Crippen molar-refractivity contribution in [3.63, 3.8) is 0 Å². The summed E-state index contributed by atoms with van der Waals surface area (Å²) < 4.78 is 17.9. The Labute approximate surface area is 134 Å². The van der Waals surface area contributed by atoms with Crippen molar-refractivity contribution in [1.82, 2.24) is 9.55 Å². The Bertz CT molecular complexity index is 669. The van der Waals surface area contributed by atoms with Gasteiger partial charge in [-0.25, -0.2) is 4.79 Å². The smallest absolute Gasteiger partial charge is 0.330 e. The summed E-state index contributed by atoms with van der Waals surface area (Å²) in [6.45, 7) is 3.18. The zero-order valence-corrected chi connectivity index (χ0v) is 14.0. The van der Waals surface area contributed by atoms with E-state index in [1.54, 1.807) is 0 Å². The minimum absolute atomic E-state index is 0.189. The fraction of sp³-hybridized carbons (Fsp3) is 0.615. The molecule has 0 radical (unpaired) electrons. The van der Waals surface area contributed by atoms with Gasteiger partial charge in [-0.2, -0.15) is 0 Å². The molecule has 0 aromatic carbocycles. The average Bonchev–Trinajstić information content (AvgIpc) is 2.79. The van der Waals surface area contributed by atoms with E-state index in [-0.39, 0.29) is 4.47 Å². The van der Waals surface area contributed by atoms with E-state index in [9.17, 15) is 14.4 Å². The van der Waals surface area contributed by atoms with Crippen LogP contribution in [0.15, 0.2) is 20.3 Å². The lowest BCUT2D eigenvalue weighted by atomic mass is 10.1. The number of rotatable bonds is 4. The van der Waals surface area contributed by atoms with E-state index in [1.807, 2.05) is 6.92 Å². The van der Waals surface area contributed by atoms with Crippen molar-refractivity contribution in [3.8, 4) is 0 Å². The summed E-state index contributed by atoms with van der Waals surface area (Å²) in [6, 6.07) is 0. The Morgan fingerprint density at radius 1 is 1.45 bits per heavy atom. The van der Waals surface area contributed by atoms with Crippen molar-refractivity contribution in [1.29, 1.82) is 0 Å². The standard InChI is InChI=1S/C13H17BrN2O6/c1-4-8-9(21-6(2)17)10(20-3)12(22-8)16-5-7(14)11(18)15-13(16)19/h5,8-10,12H,4H2,1-3H3,(H,15,18,19)/t8-,9?,10+,12-/m1/s1. The molecule has 1 fully saturated rings. The molecule has 1 aromatic heterocycles. The molecule has 1 aliphatic rings. The third-order valence-electron chi connectivity index (χ3n) is 3.46. The molecule has 22 heavy (non-hydrogen) atoms. The monoisotopic (exact) mass is 376 g/mol. The van der Waals surface area contributed by atoms with Crippen LogP contribution in [0.25, 0.3) is 0 Å². The van der Waals surface area contributed by atoms with Crippen molar-refractivity contribution >= 4 is 21.9 Å². The van der Waals surface area contributed by atoms with Gasteiger partial charge in [0.2, 0.25) is 0 Å². The first-order chi connectivity index (χ1) is 10.4. The first-order valence-corrected chi connectivity index (χ1v) is 7.54. The summed E-state index contributed by atoms with van der Waals surface area (Å²) in [5, 5.41) is 0. The van der Waals surface area contributed by atoms with E-state index >= 15 is 0 Å². The molecule has 0 amide bonds. The molecule has 0 aliphatic carbocycles. The van der Waals surface area contributed by atoms with Crippen LogP contribution < -0.4 is 11.2 Å². The molecule has 4 atom stereocenters. The maximum absolute atomic E-state index is 12.0. The van der Waals surface area contributed by atoms with Crippen molar-refractivity contribution in [2.24, 2.45) is 0 Å². The third kappa shape index (κ3) is 3.16. The van der Waals surface area contributed by atoms with Gasteiger partial charge in [-0.3, -0.25) is 19.1 Å². The third-order valence-corrected chi connectivity index (χ3v) is 4.03. The number of methoxy groups -OCH3 is 1. The van der Waals surface area contributed by atoms with E-state index in [0.717, 1.165) is 0 Å². The van der Waals surface area contributed by atoms with Crippen LogP contribution in [0.5, 0.6) is 0 Å². The van der Waals surface area contributed by atoms with Crippen LogP contribution in [0, 0.1) is 0 Å². The van der Waals surface area contributed by atoms with Crippen LogP contribution in [0.1, 0.15) is 26.5 Å². The highest BCUT2D eigenvalue weighted by atomic mass is 79.9. The second kappa shape index (κ2) is 6.76. The number of hydrogen-bond donors (Lipinski definition) is 1. The van der Waals surface area contributed by atoms with Gasteiger partial charge in [0.25, 0.3) is 5.56 Å². The molecule has 2 heterocycles. The molecule has 1 saturated heterocycles. The molecule has 0 saturated carbocycles. The van der Waals surface area contributed by atoms with Crippen LogP contribution in [0.2, 0.25) is 0 Å². The van der Waals surface area contributed by atoms with Crippen molar-refractivity contribution in [2.45, 2.75) is 44.8 Å². The Balaban J connectivity index is 2.43. The first kappa shape index (κ1) is 16.9. The summed E-state index contributed by atoms with van der Waals surface area (Å²) in [5.74, 6) is -0.454. The molecule has 8 nitrogen and oxygen atoms in total. The van der Waals surface area contributed by atoms with Gasteiger partial charge in [-0.05, 0) is 22.4 Å². The van der Waals surface area contributed by atoms with Gasteiger partial charge in [0.15, 0.2) is 12.3 Å². The molecular formula is C13H17BrN2O6. The highest BCUT2D eigenvalue weighted by Gasteiger charge is 2.47. The maximum Gasteiger partial charge on any atom is 0.330 e. The fourth-order valence-electron chi connectivity index (χ4n) is 2.50. The molecule has 0 bridgehead atoms. The minimum atomic E-state index is -0.806. The molecule has 1 unspecified atom stereocenters. The summed E-state index contributed by atoms with van der Waals surface area (Å²) >= 11 is 3.07. The maximum atomic E-state index is 12.0. The van der Waals surface area contributed by atoms with E-state index in [0.29, 0.717) is 6.42 Å². The Morgan fingerprint density at radius 3 is 2.68 bits per heavy atom. The lowest BCUT2D eigenvalue weighted by molar-refractivity contribution is -0.153. The van der Waals surface area contributed by atoms with Gasteiger partial charge in [0, 0.05) is 20.2 Å². The van der Waals surface area contributed by atoms with Gasteiger partial charge >= 0.3 is 11.7 Å². The zero-order chi connectivity index (χ0) is 16.4. The zero-order valence-electron chi connectivity index (χ0n) is 12.4. The van der Waals surface area contributed by atoms with Gasteiger partial charge in [0.1, 0.15) is 6.10 Å². The van der Waals surface area contributed by atoms with Crippen LogP contribution in [-0.2, 0) is 19.0 Å². The van der Waals surface area contributed by atoms with Crippen molar-refractivity contribution in [3.05, 3.63) is 31.5 Å². The van der Waals surface area contributed by atoms with Crippen LogP contribution in [-0.4, -0.2) is 40.9 Å². The SMILES string of the molecule is CC[C@H]1O[C@@H](n2cc(Br)c(=O)[nH]c2=O)[C@@H](OC)C1OC(C)=O. The van der Waals surface area contributed by atoms with Gasteiger partial charge < -0.3 is 14.2 Å². The second-order valence-corrected chi connectivity index (χ2v) is 5.75. The highest BCUT2D eigenvalue weighted by Crippen LogP contribution is 2.34. The lowest BCUT2D eigenvalue weighted by Gasteiger charge is -2.22. The lowest BCUT2D eigenvalue weighted by Crippen LogP contribution is -2.40. The molecule has 2 rings (SSSR count). The topological polar surface area (TPSA) is 99.6 Å². The average molecular weight is 377 g/mol. The van der Waals surface area contributed by atoms with E-state index < -0.39 is 41.8 Å². The number of hydrogen-bond acceptors (Lipinski definition) is 6. The van der Waals surface area contributed by atoms with Gasteiger partial charge in [-0.1, -0.05) is 6.92 Å². The molecule has 1 aliphatic heterocycles. The molecule has 9 heteroatoms. The number of halogens is 1. The minimum Gasteiger partial charge on any atom is -0.457 e. The quantitative estimate of drug-likeness (QED) is 0.770.